The summed E-state index contributed by atoms with van der Waals surface area (Å²) in [4.78, 5) is 0. The molecule has 4 aromatic carbocycles. The molecule has 0 aromatic heterocycles. The number of phenols is 2. The maximum Gasteiger partial charge on any atom is 0.122 e. The van der Waals surface area contributed by atoms with Crippen molar-refractivity contribution in [2.45, 2.75) is 0 Å². The predicted molar refractivity (Wildman–Crippen MR) is 102 cm³/mol. The van der Waals surface area contributed by atoms with Gasteiger partial charge in [-0.1, -0.05) is 24.3 Å². The van der Waals surface area contributed by atoms with Crippen LogP contribution in [0.1, 0.15) is 0 Å². The van der Waals surface area contributed by atoms with Crippen molar-refractivity contribution in [2.75, 3.05) is 13.2 Å². The topological polar surface area (TPSA) is 58.9 Å². The van der Waals surface area contributed by atoms with Crippen LogP contribution in [0.25, 0.3) is 21.5 Å². The number of benzene rings is 4. The molecule has 0 aliphatic heterocycles. The van der Waals surface area contributed by atoms with Crippen LogP contribution in [-0.4, -0.2) is 23.4 Å². The van der Waals surface area contributed by atoms with Crippen LogP contribution in [0.4, 0.5) is 0 Å². The van der Waals surface area contributed by atoms with Gasteiger partial charge in [-0.2, -0.15) is 0 Å². The highest BCUT2D eigenvalue weighted by atomic mass is 16.5. The van der Waals surface area contributed by atoms with Crippen molar-refractivity contribution < 1.29 is 19.7 Å². The standard InChI is InChI=1S/C22H18O4/c23-19-5-1-17-13-21(7-3-15(17)11-19)25-9-10-26-22-8-4-16-12-20(24)6-2-18(16)14-22/h1-8,11-14,23-24H,9-10H2. The van der Waals surface area contributed by atoms with E-state index in [1.54, 1.807) is 24.3 Å². The van der Waals surface area contributed by atoms with E-state index in [0.717, 1.165) is 33.0 Å². The SMILES string of the molecule is Oc1ccc2cc(OCCOc3ccc4cc(O)ccc4c3)ccc2c1. The minimum Gasteiger partial charge on any atom is -0.508 e. The molecule has 0 saturated carbocycles. The second kappa shape index (κ2) is 6.84. The minimum absolute atomic E-state index is 0.255. The Kier molecular flexibility index (Phi) is 4.23. The third kappa shape index (κ3) is 3.49. The molecule has 0 aliphatic rings. The number of ether oxygens (including phenoxy) is 2. The average molecular weight is 346 g/mol. The van der Waals surface area contributed by atoms with E-state index >= 15 is 0 Å². The molecule has 0 saturated heterocycles. The van der Waals surface area contributed by atoms with Crippen molar-refractivity contribution in [3.8, 4) is 23.0 Å². The fourth-order valence-electron chi connectivity index (χ4n) is 2.92. The van der Waals surface area contributed by atoms with Gasteiger partial charge < -0.3 is 19.7 Å². The number of hydrogen-bond donors (Lipinski definition) is 2. The molecular formula is C22H18O4. The zero-order valence-electron chi connectivity index (χ0n) is 14.1. The molecule has 0 radical (unpaired) electrons. The van der Waals surface area contributed by atoms with Crippen molar-refractivity contribution >= 4 is 21.5 Å². The molecule has 130 valence electrons. The van der Waals surface area contributed by atoms with Crippen molar-refractivity contribution in [1.29, 1.82) is 0 Å². The van der Waals surface area contributed by atoms with E-state index in [-0.39, 0.29) is 11.5 Å². The molecule has 26 heavy (non-hydrogen) atoms. The largest absolute Gasteiger partial charge is 0.508 e. The van der Waals surface area contributed by atoms with Crippen LogP contribution in [0.3, 0.4) is 0 Å². The number of rotatable bonds is 5. The summed E-state index contributed by atoms with van der Waals surface area (Å²) >= 11 is 0. The Balaban J connectivity index is 1.36. The van der Waals surface area contributed by atoms with Crippen LogP contribution in [0.15, 0.2) is 72.8 Å². The van der Waals surface area contributed by atoms with E-state index in [0.29, 0.717) is 13.2 Å². The molecule has 4 rings (SSSR count). The van der Waals surface area contributed by atoms with Gasteiger partial charge in [0.05, 0.1) is 0 Å². The molecule has 4 heteroatoms. The molecule has 4 aromatic rings. The monoisotopic (exact) mass is 346 g/mol. The van der Waals surface area contributed by atoms with Crippen molar-refractivity contribution in [3.05, 3.63) is 72.8 Å². The highest BCUT2D eigenvalue weighted by Gasteiger charge is 2.01. The first kappa shape index (κ1) is 16.1. The summed E-state index contributed by atoms with van der Waals surface area (Å²) in [5, 5.41) is 23.0. The van der Waals surface area contributed by atoms with Gasteiger partial charge in [0, 0.05) is 0 Å². The predicted octanol–water partition coefficient (Wildman–Crippen LogP) is 4.86. The van der Waals surface area contributed by atoms with Gasteiger partial charge in [0.2, 0.25) is 0 Å². The van der Waals surface area contributed by atoms with Crippen LogP contribution >= 0.6 is 0 Å². The smallest absolute Gasteiger partial charge is 0.122 e. The fraction of sp³-hybridized carbons (Fsp3) is 0.0909. The second-order valence-corrected chi connectivity index (χ2v) is 6.08. The zero-order valence-corrected chi connectivity index (χ0v) is 14.1. The number of fused-ring (bicyclic) bond motifs is 2. The summed E-state index contributed by atoms with van der Waals surface area (Å²) in [6, 6.07) is 22.0. The third-order valence-electron chi connectivity index (χ3n) is 4.21. The van der Waals surface area contributed by atoms with Gasteiger partial charge >= 0.3 is 0 Å². The van der Waals surface area contributed by atoms with Crippen LogP contribution in [0.5, 0.6) is 23.0 Å². The maximum atomic E-state index is 9.50. The quantitative estimate of drug-likeness (QED) is 0.507. The minimum atomic E-state index is 0.255. The van der Waals surface area contributed by atoms with Crippen LogP contribution in [0, 0.1) is 0 Å². The molecule has 0 bridgehead atoms. The summed E-state index contributed by atoms with van der Waals surface area (Å²) in [5.41, 5.74) is 0. The Hall–Kier alpha value is -3.40. The Morgan fingerprint density at radius 2 is 0.885 bits per heavy atom. The number of hydrogen-bond acceptors (Lipinski definition) is 4. The van der Waals surface area contributed by atoms with Gasteiger partial charge in [-0.15, -0.1) is 0 Å². The van der Waals surface area contributed by atoms with Gasteiger partial charge in [0.25, 0.3) is 0 Å². The second-order valence-electron chi connectivity index (χ2n) is 6.08. The first-order chi connectivity index (χ1) is 12.7. The first-order valence-corrected chi connectivity index (χ1v) is 8.38. The normalized spacial score (nSPS) is 10.9. The van der Waals surface area contributed by atoms with E-state index in [1.807, 2.05) is 48.5 Å². The van der Waals surface area contributed by atoms with Crippen LogP contribution in [0.2, 0.25) is 0 Å². The van der Waals surface area contributed by atoms with Gasteiger partial charge in [0.15, 0.2) is 0 Å². The molecule has 0 atom stereocenters. The number of aromatic hydroxyl groups is 2. The summed E-state index contributed by atoms with van der Waals surface area (Å²) in [6.45, 7) is 0.856. The lowest BCUT2D eigenvalue weighted by molar-refractivity contribution is 0.217. The van der Waals surface area contributed by atoms with E-state index in [4.69, 9.17) is 9.47 Å². The molecule has 2 N–H and O–H groups in total. The Morgan fingerprint density at radius 3 is 1.35 bits per heavy atom. The summed E-state index contributed by atoms with van der Waals surface area (Å²) < 4.78 is 11.5. The molecule has 0 spiro atoms. The zero-order chi connectivity index (χ0) is 17.9. The average Bonchev–Trinajstić information content (AvgIpc) is 2.65. The Bertz CT molecular complexity index is 985. The molecule has 0 amide bonds. The van der Waals surface area contributed by atoms with Crippen molar-refractivity contribution in [3.63, 3.8) is 0 Å². The molecule has 0 aliphatic carbocycles. The van der Waals surface area contributed by atoms with E-state index < -0.39 is 0 Å². The third-order valence-corrected chi connectivity index (χ3v) is 4.21. The lowest BCUT2D eigenvalue weighted by atomic mass is 10.1. The molecule has 4 nitrogen and oxygen atoms in total. The highest BCUT2D eigenvalue weighted by molar-refractivity contribution is 5.85. The lowest BCUT2D eigenvalue weighted by Gasteiger charge is -2.10. The summed E-state index contributed by atoms with van der Waals surface area (Å²) in [5.74, 6) is 2.04. The molecule has 0 fully saturated rings. The lowest BCUT2D eigenvalue weighted by Crippen LogP contribution is -2.08. The molecule has 0 unspecified atom stereocenters. The van der Waals surface area contributed by atoms with Crippen molar-refractivity contribution in [1.82, 2.24) is 0 Å². The van der Waals surface area contributed by atoms with Crippen LogP contribution < -0.4 is 9.47 Å². The summed E-state index contributed by atoms with van der Waals surface area (Å²) in [6.07, 6.45) is 0. The van der Waals surface area contributed by atoms with E-state index in [9.17, 15) is 10.2 Å². The van der Waals surface area contributed by atoms with Crippen LogP contribution in [-0.2, 0) is 0 Å². The molecule has 0 heterocycles. The van der Waals surface area contributed by atoms with Gasteiger partial charge in [-0.05, 0) is 70.1 Å². The number of phenolic OH excluding ortho intramolecular Hbond substituents is 2. The Labute approximate surface area is 150 Å². The van der Waals surface area contributed by atoms with Gasteiger partial charge in [-0.3, -0.25) is 0 Å². The van der Waals surface area contributed by atoms with E-state index in [1.165, 1.54) is 0 Å². The van der Waals surface area contributed by atoms with Gasteiger partial charge in [0.1, 0.15) is 36.2 Å². The van der Waals surface area contributed by atoms with Crippen molar-refractivity contribution in [2.24, 2.45) is 0 Å². The van der Waals surface area contributed by atoms with E-state index in [2.05, 4.69) is 0 Å². The first-order valence-electron chi connectivity index (χ1n) is 8.38. The maximum absolute atomic E-state index is 9.50. The summed E-state index contributed by atoms with van der Waals surface area (Å²) in [7, 11) is 0. The molecular weight excluding hydrogens is 328 g/mol. The fourth-order valence-corrected chi connectivity index (χ4v) is 2.92. The Morgan fingerprint density at radius 1 is 0.500 bits per heavy atom. The highest BCUT2D eigenvalue weighted by Crippen LogP contribution is 2.25. The van der Waals surface area contributed by atoms with Gasteiger partial charge in [-0.25, -0.2) is 0 Å².